The molecule has 5 rings (SSSR count). The zero-order valence-corrected chi connectivity index (χ0v) is 19.7. The molecule has 0 spiro atoms. The van der Waals surface area contributed by atoms with Gasteiger partial charge < -0.3 is 19.3 Å². The Labute approximate surface area is 203 Å². The summed E-state index contributed by atoms with van der Waals surface area (Å²) in [6.07, 6.45) is 6.23. The molecule has 0 aliphatic heterocycles. The Bertz CT molecular complexity index is 1220. The van der Waals surface area contributed by atoms with Crippen molar-refractivity contribution < 1.29 is 32.9 Å². The second-order valence-electron chi connectivity index (χ2n) is 9.40. The molecule has 2 aromatic carbocycles. The van der Waals surface area contributed by atoms with E-state index in [-0.39, 0.29) is 35.3 Å². The first kappa shape index (κ1) is 23.4. The zero-order valence-electron chi connectivity index (χ0n) is 19.7. The van der Waals surface area contributed by atoms with Gasteiger partial charge in [0.05, 0.1) is 18.3 Å². The highest BCUT2D eigenvalue weighted by molar-refractivity contribution is 5.76. The molecule has 0 saturated heterocycles. The lowest BCUT2D eigenvalue weighted by atomic mass is 9.88. The van der Waals surface area contributed by atoms with Crippen molar-refractivity contribution in [1.29, 1.82) is 0 Å². The molecule has 0 radical (unpaired) electrons. The van der Waals surface area contributed by atoms with E-state index in [9.17, 15) is 18.7 Å². The van der Waals surface area contributed by atoms with E-state index in [0.717, 1.165) is 18.2 Å². The first-order chi connectivity index (χ1) is 16.9. The summed E-state index contributed by atoms with van der Waals surface area (Å²) in [5.41, 5.74) is 2.42. The molecule has 1 saturated carbocycles. The van der Waals surface area contributed by atoms with Gasteiger partial charge in [0.1, 0.15) is 23.4 Å². The number of ether oxygens (including phenoxy) is 3. The molecule has 5 nitrogen and oxygen atoms in total. The topological polar surface area (TPSA) is 65.0 Å². The number of allylic oxidation sites excluding steroid dienone is 4. The molecule has 0 bridgehead atoms. The van der Waals surface area contributed by atoms with Crippen molar-refractivity contribution in [3.8, 4) is 17.2 Å². The number of esters is 1. The highest BCUT2D eigenvalue weighted by Crippen LogP contribution is 2.50. The summed E-state index contributed by atoms with van der Waals surface area (Å²) in [4.78, 5) is 12.0. The van der Waals surface area contributed by atoms with E-state index in [1.807, 2.05) is 19.1 Å². The highest BCUT2D eigenvalue weighted by Gasteiger charge is 2.47. The molecule has 0 heterocycles. The molecule has 2 aromatic rings. The molecule has 1 fully saturated rings. The minimum Gasteiger partial charge on any atom is -0.505 e. The van der Waals surface area contributed by atoms with E-state index in [0.29, 0.717) is 42.7 Å². The quantitative estimate of drug-likeness (QED) is 0.456. The second kappa shape index (κ2) is 9.36. The monoisotopic (exact) mass is 482 g/mol. The fourth-order valence-corrected chi connectivity index (χ4v) is 5.21. The van der Waals surface area contributed by atoms with E-state index in [1.165, 1.54) is 29.8 Å². The van der Waals surface area contributed by atoms with E-state index in [2.05, 4.69) is 6.92 Å². The number of hydrogen-bond donors (Lipinski definition) is 1. The van der Waals surface area contributed by atoms with Crippen molar-refractivity contribution in [3.63, 3.8) is 0 Å². The van der Waals surface area contributed by atoms with Gasteiger partial charge in [0.25, 0.3) is 0 Å². The lowest BCUT2D eigenvalue weighted by Crippen LogP contribution is -2.14. The number of benzene rings is 2. The largest absolute Gasteiger partial charge is 0.505 e. The van der Waals surface area contributed by atoms with Crippen LogP contribution in [0.4, 0.5) is 8.78 Å². The molecular formula is C28H28F2O5. The van der Waals surface area contributed by atoms with Crippen LogP contribution in [0.15, 0.2) is 53.8 Å². The van der Waals surface area contributed by atoms with Crippen molar-refractivity contribution in [2.45, 2.75) is 45.6 Å². The average Bonchev–Trinajstić information content (AvgIpc) is 3.51. The summed E-state index contributed by atoms with van der Waals surface area (Å²) in [5.74, 6) is 0.152. The van der Waals surface area contributed by atoms with Crippen LogP contribution >= 0.6 is 0 Å². The number of rotatable bonds is 7. The molecule has 0 amide bonds. The van der Waals surface area contributed by atoms with Gasteiger partial charge in [-0.15, -0.1) is 0 Å². The predicted molar refractivity (Wildman–Crippen MR) is 125 cm³/mol. The summed E-state index contributed by atoms with van der Waals surface area (Å²) in [5, 5.41) is 9.39. The molecule has 35 heavy (non-hydrogen) atoms. The molecule has 7 heteroatoms. The van der Waals surface area contributed by atoms with Gasteiger partial charge >= 0.3 is 5.97 Å². The number of aromatic hydroxyl groups is 1. The maximum absolute atomic E-state index is 14.9. The van der Waals surface area contributed by atoms with Gasteiger partial charge in [-0.2, -0.15) is 0 Å². The lowest BCUT2D eigenvalue weighted by Gasteiger charge is -2.25. The van der Waals surface area contributed by atoms with E-state index >= 15 is 0 Å². The number of carbonyl (C=O) groups is 1. The predicted octanol–water partition coefficient (Wildman–Crippen LogP) is 6.52. The third-order valence-corrected chi connectivity index (χ3v) is 7.03. The Balaban J connectivity index is 1.31. The molecule has 4 atom stereocenters. The summed E-state index contributed by atoms with van der Waals surface area (Å²) >= 11 is 0. The van der Waals surface area contributed by atoms with Crippen molar-refractivity contribution >= 4 is 5.97 Å². The minimum absolute atomic E-state index is 0.0456. The Kier molecular flexibility index (Phi) is 6.26. The second-order valence-corrected chi connectivity index (χ2v) is 9.40. The fraction of sp³-hybridized carbons (Fsp3) is 0.393. The van der Waals surface area contributed by atoms with E-state index < -0.39 is 17.7 Å². The van der Waals surface area contributed by atoms with Crippen molar-refractivity contribution in [3.05, 3.63) is 76.6 Å². The zero-order chi connectivity index (χ0) is 24.7. The van der Waals surface area contributed by atoms with Gasteiger partial charge in [-0.3, -0.25) is 4.79 Å². The smallest absolute Gasteiger partial charge is 0.309 e. The van der Waals surface area contributed by atoms with Crippen LogP contribution in [0.1, 0.15) is 50.3 Å². The minimum atomic E-state index is -0.784. The third-order valence-electron chi connectivity index (χ3n) is 7.03. The summed E-state index contributed by atoms with van der Waals surface area (Å²) < 4.78 is 45.8. The number of phenols is 1. The Hall–Kier alpha value is -3.35. The molecule has 3 aliphatic carbocycles. The number of halogens is 2. The summed E-state index contributed by atoms with van der Waals surface area (Å²) in [6.45, 7) is 4.33. The number of hydrogen-bond acceptors (Lipinski definition) is 5. The highest BCUT2D eigenvalue weighted by atomic mass is 19.1. The summed E-state index contributed by atoms with van der Waals surface area (Å²) in [6, 6.07) is 6.65. The van der Waals surface area contributed by atoms with Crippen LogP contribution in [0.5, 0.6) is 17.2 Å². The van der Waals surface area contributed by atoms with Gasteiger partial charge in [-0.25, -0.2) is 8.78 Å². The fourth-order valence-electron chi connectivity index (χ4n) is 5.21. The van der Waals surface area contributed by atoms with Crippen molar-refractivity contribution in [1.82, 2.24) is 0 Å². The molecule has 1 N–H and O–H groups in total. The van der Waals surface area contributed by atoms with E-state index in [4.69, 9.17) is 14.2 Å². The summed E-state index contributed by atoms with van der Waals surface area (Å²) in [7, 11) is 0. The van der Waals surface area contributed by atoms with E-state index in [1.54, 1.807) is 0 Å². The van der Waals surface area contributed by atoms with Crippen LogP contribution in [0.3, 0.4) is 0 Å². The standard InChI is InChI=1S/C28H28F2O5/c1-3-33-28(32)21-14-20(21)18-6-4-16(12-15(18)2)35-26-10-7-19-25(11-8-22(29)27(19)26)34-17-5-9-24(31)23(30)13-17/h4-6,8-9,11,13,15,20-21,26,31H,3,7,10,12,14H2,1-2H3/t15?,20-,21+,26?/m1/s1. The molecule has 184 valence electrons. The van der Waals surface area contributed by atoms with Crippen LogP contribution < -0.4 is 4.74 Å². The molecule has 3 aliphatic rings. The number of fused-ring (bicyclic) bond motifs is 1. The van der Waals surface area contributed by atoms with Crippen LogP contribution in [0.25, 0.3) is 0 Å². The van der Waals surface area contributed by atoms with Gasteiger partial charge in [0.2, 0.25) is 0 Å². The third kappa shape index (κ3) is 4.64. The number of carbonyl (C=O) groups excluding carboxylic acids is 1. The van der Waals surface area contributed by atoms with Gasteiger partial charge in [-0.05, 0) is 68.4 Å². The number of phenolic OH excluding ortho intramolecular Hbond substituents is 1. The van der Waals surface area contributed by atoms with Gasteiger partial charge in [0.15, 0.2) is 11.6 Å². The molecule has 2 unspecified atom stereocenters. The maximum atomic E-state index is 14.9. The maximum Gasteiger partial charge on any atom is 0.309 e. The van der Waals surface area contributed by atoms with Crippen molar-refractivity contribution in [2.75, 3.05) is 6.61 Å². The van der Waals surface area contributed by atoms with Gasteiger partial charge in [0, 0.05) is 23.6 Å². The van der Waals surface area contributed by atoms with Crippen LogP contribution in [-0.4, -0.2) is 17.7 Å². The van der Waals surface area contributed by atoms with Crippen molar-refractivity contribution in [2.24, 2.45) is 17.8 Å². The van der Waals surface area contributed by atoms with Crippen LogP contribution in [-0.2, 0) is 20.7 Å². The Morgan fingerprint density at radius 3 is 2.71 bits per heavy atom. The normalized spacial score (nSPS) is 24.8. The SMILES string of the molecule is CCOC(=O)[C@H]1C[C@@H]1C1=CC=C(OC2CCc3c(Oc4ccc(O)c(F)c4)ccc(F)c32)CC1C. The first-order valence-electron chi connectivity index (χ1n) is 12.1. The molecular weight excluding hydrogens is 454 g/mol. The molecule has 0 aromatic heterocycles. The van der Waals surface area contributed by atoms with Crippen LogP contribution in [0, 0.1) is 29.4 Å². The van der Waals surface area contributed by atoms with Gasteiger partial charge in [-0.1, -0.05) is 18.6 Å². The lowest BCUT2D eigenvalue weighted by molar-refractivity contribution is -0.144. The van der Waals surface area contributed by atoms with Crippen LogP contribution in [0.2, 0.25) is 0 Å². The average molecular weight is 483 g/mol. The Morgan fingerprint density at radius 1 is 1.14 bits per heavy atom. The Morgan fingerprint density at radius 2 is 1.97 bits per heavy atom. The first-order valence-corrected chi connectivity index (χ1v) is 12.1.